The van der Waals surface area contributed by atoms with E-state index in [1.165, 1.54) is 0 Å². The Kier molecular flexibility index (Phi) is 7.64. The van der Waals surface area contributed by atoms with E-state index in [2.05, 4.69) is 4.74 Å². The Balaban J connectivity index is 3.53. The van der Waals surface area contributed by atoms with Crippen molar-refractivity contribution in [2.45, 2.75) is 47.9 Å². The third-order valence-corrected chi connectivity index (χ3v) is 4.28. The van der Waals surface area contributed by atoms with Crippen LogP contribution in [0.5, 0.6) is 5.75 Å². The molecule has 0 unspecified atom stereocenters. The minimum Gasteiger partial charge on any atom is -0.497 e. The molecule has 202 valence electrons. The summed E-state index contributed by atoms with van der Waals surface area (Å²) in [6, 6.07) is 3.16. The van der Waals surface area contributed by atoms with Gasteiger partial charge in [-0.25, -0.2) is 8.78 Å². The van der Waals surface area contributed by atoms with Gasteiger partial charge in [-0.05, 0) is 12.1 Å². The van der Waals surface area contributed by atoms with Gasteiger partial charge in [-0.15, -0.1) is 0 Å². The normalized spacial score (nSPS) is 14.8. The van der Waals surface area contributed by atoms with Crippen molar-refractivity contribution in [2.24, 2.45) is 0 Å². The van der Waals surface area contributed by atoms with E-state index in [1.54, 1.807) is 0 Å². The molecule has 3 nitrogen and oxygen atoms in total. The fourth-order valence-electron chi connectivity index (χ4n) is 2.19. The summed E-state index contributed by atoms with van der Waals surface area (Å²) >= 11 is 0. The Bertz CT molecular complexity index is 930. The van der Waals surface area contributed by atoms with Crippen LogP contribution in [0.25, 0.3) is 0 Å². The molecule has 0 fully saturated rings. The first kappa shape index (κ1) is 30.4. The molecular weight excluding hydrogens is 542 g/mol. The van der Waals surface area contributed by atoms with Gasteiger partial charge in [0.25, 0.3) is 0 Å². The molecule has 0 aliphatic heterocycles. The monoisotopic (exact) mass is 551 g/mol. The molecule has 1 aromatic rings. The van der Waals surface area contributed by atoms with Crippen molar-refractivity contribution in [1.82, 2.24) is 0 Å². The number of ether oxygens (including phenoxy) is 1. The van der Waals surface area contributed by atoms with Crippen LogP contribution in [-0.4, -0.2) is 60.9 Å². The Hall–Kier alpha value is -2.63. The van der Waals surface area contributed by atoms with Gasteiger partial charge < -0.3 is 10.1 Å². The van der Waals surface area contributed by atoms with E-state index in [1.807, 2.05) is 0 Å². The first-order valence-electron chi connectivity index (χ1n) is 8.26. The second kappa shape index (κ2) is 8.79. The molecule has 1 rings (SSSR count). The van der Waals surface area contributed by atoms with E-state index in [0.717, 1.165) is 24.6 Å². The third kappa shape index (κ3) is 4.30. The highest BCUT2D eigenvalue weighted by Gasteiger charge is 2.94. The lowest BCUT2D eigenvalue weighted by atomic mass is 9.89. The Morgan fingerprint density at radius 3 is 1.60 bits per heavy atom. The topological polar surface area (TPSA) is 38.3 Å². The van der Waals surface area contributed by atoms with Gasteiger partial charge in [-0.2, -0.15) is 61.5 Å². The highest BCUT2D eigenvalue weighted by Crippen LogP contribution is 2.62. The first-order valence-corrected chi connectivity index (χ1v) is 8.26. The maximum absolute atomic E-state index is 13.8. The van der Waals surface area contributed by atoms with E-state index in [-0.39, 0.29) is 5.75 Å². The van der Waals surface area contributed by atoms with Gasteiger partial charge in [0.15, 0.2) is 0 Å². The van der Waals surface area contributed by atoms with Gasteiger partial charge >= 0.3 is 53.8 Å². The molecule has 0 aliphatic carbocycles. The van der Waals surface area contributed by atoms with Crippen LogP contribution in [0.4, 0.5) is 75.9 Å². The number of alkyl halides is 16. The number of hydrogen-bond acceptors (Lipinski definition) is 2. The zero-order valence-corrected chi connectivity index (χ0v) is 16.3. The molecular formula is C16H9F16NO2. The second-order valence-corrected chi connectivity index (χ2v) is 6.56. The number of halogens is 16. The van der Waals surface area contributed by atoms with Gasteiger partial charge in [0.1, 0.15) is 5.75 Å². The van der Waals surface area contributed by atoms with Crippen LogP contribution < -0.4 is 10.1 Å². The number of carbonyl (C=O) groups excluding carboxylic acids is 1. The lowest BCUT2D eigenvalue weighted by molar-refractivity contribution is -0.443. The number of anilines is 1. The van der Waals surface area contributed by atoms with Gasteiger partial charge in [0.05, 0.1) is 7.11 Å². The largest absolute Gasteiger partial charge is 0.497 e. The molecule has 0 radical (unpaired) electrons. The maximum atomic E-state index is 13.8. The molecule has 35 heavy (non-hydrogen) atoms. The molecule has 0 atom stereocenters. The average molecular weight is 551 g/mol. The predicted molar refractivity (Wildman–Crippen MR) is 82.3 cm³/mol. The molecule has 0 aliphatic rings. The number of benzene rings is 1. The highest BCUT2D eigenvalue weighted by atomic mass is 19.4. The van der Waals surface area contributed by atoms with Crippen LogP contribution in [-0.2, 0) is 4.79 Å². The minimum atomic E-state index is -8.56. The summed E-state index contributed by atoms with van der Waals surface area (Å²) in [5.74, 6) is -60.1. The molecule has 0 aromatic heterocycles. The summed E-state index contributed by atoms with van der Waals surface area (Å²) in [6.07, 6.45) is -5.93. The van der Waals surface area contributed by atoms with Crippen LogP contribution in [0.1, 0.15) is 0 Å². The lowest BCUT2D eigenvalue weighted by Crippen LogP contribution is -2.74. The van der Waals surface area contributed by atoms with Gasteiger partial charge in [0.2, 0.25) is 0 Å². The minimum absolute atomic E-state index is 0.281. The second-order valence-electron chi connectivity index (χ2n) is 6.56. The van der Waals surface area contributed by atoms with Crippen molar-refractivity contribution >= 4 is 11.6 Å². The summed E-state index contributed by atoms with van der Waals surface area (Å²) in [6.45, 7) is 0. The maximum Gasteiger partial charge on any atom is 0.393 e. The van der Waals surface area contributed by atoms with Crippen molar-refractivity contribution < 1.29 is 79.8 Å². The Morgan fingerprint density at radius 2 is 1.17 bits per heavy atom. The molecule has 1 N–H and O–H groups in total. The lowest BCUT2D eigenvalue weighted by Gasteiger charge is -2.42. The van der Waals surface area contributed by atoms with E-state index >= 15 is 0 Å². The van der Waals surface area contributed by atoms with E-state index < -0.39 is 59.5 Å². The van der Waals surface area contributed by atoms with E-state index in [0.29, 0.717) is 12.1 Å². The van der Waals surface area contributed by atoms with Crippen molar-refractivity contribution in [2.75, 3.05) is 12.4 Å². The average Bonchev–Trinajstić information content (AvgIpc) is 2.72. The predicted octanol–water partition coefficient (Wildman–Crippen LogP) is 6.35. The van der Waals surface area contributed by atoms with Crippen LogP contribution in [0, 0.1) is 0 Å². The number of amides is 1. The smallest absolute Gasteiger partial charge is 0.393 e. The van der Waals surface area contributed by atoms with Crippen LogP contribution in [0.2, 0.25) is 0 Å². The van der Waals surface area contributed by atoms with Crippen molar-refractivity contribution in [3.05, 3.63) is 24.3 Å². The fraction of sp³-hybridized carbons (Fsp3) is 0.562. The summed E-state index contributed by atoms with van der Waals surface area (Å²) in [5.41, 5.74) is -0.937. The zero-order chi connectivity index (χ0) is 28.1. The first-order chi connectivity index (χ1) is 15.4. The third-order valence-electron chi connectivity index (χ3n) is 4.28. The van der Waals surface area contributed by atoms with Crippen LogP contribution in [0.15, 0.2) is 24.3 Å². The molecule has 0 bridgehead atoms. The van der Waals surface area contributed by atoms with E-state index in [9.17, 15) is 75.0 Å². The molecule has 1 amide bonds. The number of nitrogens with one attached hydrogen (secondary N) is 1. The number of methoxy groups -OCH3 is 1. The quantitative estimate of drug-likeness (QED) is 0.345. The summed E-state index contributed by atoms with van der Waals surface area (Å²) < 4.78 is 217. The summed E-state index contributed by atoms with van der Waals surface area (Å²) in [4.78, 5) is 11.4. The zero-order valence-electron chi connectivity index (χ0n) is 16.3. The SMILES string of the molecule is COc1cccc(NC(=O)C(F)(F)C(F)(F)C(F)(F)C(F)(F)C(F)(F)C(F)(F)C(F)(F)C(F)F)c1. The molecule has 0 saturated heterocycles. The summed E-state index contributed by atoms with van der Waals surface area (Å²) in [7, 11) is 0.958. The van der Waals surface area contributed by atoms with Crippen LogP contribution in [0.3, 0.4) is 0 Å². The Morgan fingerprint density at radius 1 is 0.743 bits per heavy atom. The fourth-order valence-corrected chi connectivity index (χ4v) is 2.19. The van der Waals surface area contributed by atoms with Crippen LogP contribution >= 0.6 is 0 Å². The number of rotatable bonds is 10. The molecule has 0 saturated carbocycles. The molecule has 0 spiro atoms. The van der Waals surface area contributed by atoms with E-state index in [4.69, 9.17) is 0 Å². The van der Waals surface area contributed by atoms with Gasteiger partial charge in [-0.1, -0.05) is 6.07 Å². The van der Waals surface area contributed by atoms with Crippen molar-refractivity contribution in [3.8, 4) is 5.75 Å². The molecule has 0 heterocycles. The van der Waals surface area contributed by atoms with Crippen molar-refractivity contribution in [3.63, 3.8) is 0 Å². The van der Waals surface area contributed by atoms with Crippen molar-refractivity contribution in [1.29, 1.82) is 0 Å². The number of carbonyl (C=O) groups is 1. The van der Waals surface area contributed by atoms with Gasteiger partial charge in [-0.3, -0.25) is 4.79 Å². The standard InChI is InChI=1S/C16H9F16NO2/c1-35-7-4-2-3-6(5-7)33-9(34)11(21,22)13(25,26)15(29,30)16(31,32)14(27,28)12(23,24)10(19,20)8(17)18/h2-5,8H,1H3,(H,33,34). The molecule has 19 heteroatoms. The summed E-state index contributed by atoms with van der Waals surface area (Å²) in [5, 5.41) is 0.813. The highest BCUT2D eigenvalue weighted by molar-refractivity contribution is 5.97. The Labute approximate surface area is 183 Å². The molecule has 1 aromatic carbocycles. The van der Waals surface area contributed by atoms with Gasteiger partial charge in [0, 0.05) is 11.8 Å². The number of hydrogen-bond donors (Lipinski definition) is 1.